The van der Waals surface area contributed by atoms with Crippen LogP contribution >= 0.6 is 11.6 Å². The zero-order valence-electron chi connectivity index (χ0n) is 11.7. The van der Waals surface area contributed by atoms with Crippen molar-refractivity contribution in [2.75, 3.05) is 5.32 Å². The molecule has 1 N–H and O–H groups in total. The third-order valence-corrected chi connectivity index (χ3v) is 4.98. The van der Waals surface area contributed by atoms with Gasteiger partial charge < -0.3 is 5.32 Å². The lowest BCUT2D eigenvalue weighted by Gasteiger charge is -2.06. The van der Waals surface area contributed by atoms with E-state index in [4.69, 9.17) is 11.6 Å². The Morgan fingerprint density at radius 3 is 2.45 bits per heavy atom. The largest absolute Gasteiger partial charge is 0.326 e. The molecule has 0 heterocycles. The van der Waals surface area contributed by atoms with Crippen molar-refractivity contribution in [1.82, 2.24) is 0 Å². The second-order valence-electron chi connectivity index (χ2n) is 5.93. The third kappa shape index (κ3) is 2.76. The summed E-state index contributed by atoms with van der Waals surface area (Å²) >= 11 is 6.10. The summed E-state index contributed by atoms with van der Waals surface area (Å²) in [5.74, 6) is 1.54. The van der Waals surface area contributed by atoms with Crippen molar-refractivity contribution >= 4 is 23.2 Å². The number of fused-ring (bicyclic) bond motifs is 1. The molecule has 1 amide bonds. The van der Waals surface area contributed by atoms with E-state index in [1.54, 1.807) is 0 Å². The number of amides is 1. The van der Waals surface area contributed by atoms with E-state index in [9.17, 15) is 4.79 Å². The Morgan fingerprint density at radius 2 is 1.85 bits per heavy atom. The van der Waals surface area contributed by atoms with Crippen molar-refractivity contribution in [2.45, 2.75) is 32.6 Å². The van der Waals surface area contributed by atoms with Gasteiger partial charge >= 0.3 is 0 Å². The number of hydrogen-bond acceptors (Lipinski definition) is 1. The van der Waals surface area contributed by atoms with Crippen LogP contribution in [-0.4, -0.2) is 5.91 Å². The van der Waals surface area contributed by atoms with Gasteiger partial charge in [0, 0.05) is 16.6 Å². The van der Waals surface area contributed by atoms with Crippen LogP contribution in [0.25, 0.3) is 0 Å². The Morgan fingerprint density at radius 1 is 1.20 bits per heavy atom. The van der Waals surface area contributed by atoms with Crippen LogP contribution in [0.5, 0.6) is 0 Å². The summed E-state index contributed by atoms with van der Waals surface area (Å²) in [7, 11) is 0. The average Bonchev–Trinajstić information content (AvgIpc) is 3.05. The fourth-order valence-electron chi connectivity index (χ4n) is 3.33. The highest BCUT2D eigenvalue weighted by Crippen LogP contribution is 2.53. The summed E-state index contributed by atoms with van der Waals surface area (Å²) < 4.78 is 0. The average molecular weight is 290 g/mol. The first kappa shape index (κ1) is 13.7. The highest BCUT2D eigenvalue weighted by molar-refractivity contribution is 6.31. The molecule has 0 aliphatic heterocycles. The molecular weight excluding hydrogens is 270 g/mol. The minimum absolute atomic E-state index is 0.168. The quantitative estimate of drug-likeness (QED) is 0.793. The second-order valence-corrected chi connectivity index (χ2v) is 6.34. The number of aryl methyl sites for hydroxylation is 1. The number of benzene rings is 1. The molecule has 0 radical (unpaired) electrons. The predicted molar refractivity (Wildman–Crippen MR) is 82.9 cm³/mol. The molecule has 0 bridgehead atoms. The first-order valence-electron chi connectivity index (χ1n) is 7.39. The number of halogens is 1. The van der Waals surface area contributed by atoms with Crippen LogP contribution in [0.2, 0.25) is 5.02 Å². The van der Waals surface area contributed by atoms with Gasteiger partial charge in [0.15, 0.2) is 0 Å². The van der Waals surface area contributed by atoms with Gasteiger partial charge in [0.2, 0.25) is 5.91 Å². The lowest BCUT2D eigenvalue weighted by molar-refractivity contribution is -0.117. The van der Waals surface area contributed by atoms with Crippen molar-refractivity contribution in [2.24, 2.45) is 17.8 Å². The molecule has 0 unspecified atom stereocenters. The molecule has 0 spiro atoms. The van der Waals surface area contributed by atoms with E-state index in [2.05, 4.69) is 17.5 Å². The summed E-state index contributed by atoms with van der Waals surface area (Å²) in [6.07, 6.45) is 9.02. The van der Waals surface area contributed by atoms with Gasteiger partial charge in [0.05, 0.1) is 0 Å². The van der Waals surface area contributed by atoms with Gasteiger partial charge in [-0.3, -0.25) is 4.79 Å². The first-order chi connectivity index (χ1) is 9.66. The normalized spacial score (nSPS) is 29.8. The van der Waals surface area contributed by atoms with Gasteiger partial charge in [-0.1, -0.05) is 29.8 Å². The third-order valence-electron chi connectivity index (χ3n) is 4.57. The maximum atomic E-state index is 12.4. The SMILES string of the molecule is Cc1ccc(NC(=O)C2[C@H]3CC/C=C\CC[C@H]23)cc1Cl. The molecule has 2 aliphatic carbocycles. The molecular formula is C17H20ClNO. The Balaban J connectivity index is 1.64. The minimum Gasteiger partial charge on any atom is -0.326 e. The van der Waals surface area contributed by atoms with Crippen LogP contribution in [0.3, 0.4) is 0 Å². The Labute approximate surface area is 125 Å². The standard InChI is InChI=1S/C17H20ClNO/c1-11-8-9-12(10-15(11)18)19-17(20)16-13-6-4-2-3-5-7-14(13)16/h2-3,8-10,13-14,16H,4-7H2,1H3,(H,19,20)/b3-2-/t13-,14-/m0/s1. The molecule has 1 fully saturated rings. The van der Waals surface area contributed by atoms with Crippen LogP contribution < -0.4 is 5.32 Å². The summed E-state index contributed by atoms with van der Waals surface area (Å²) in [6.45, 7) is 1.96. The number of carbonyl (C=O) groups is 1. The molecule has 0 aromatic heterocycles. The Bertz CT molecular complexity index is 536. The van der Waals surface area contributed by atoms with Crippen molar-refractivity contribution < 1.29 is 4.79 Å². The van der Waals surface area contributed by atoms with E-state index in [1.165, 1.54) is 0 Å². The summed E-state index contributed by atoms with van der Waals surface area (Å²) in [6, 6.07) is 5.70. The maximum Gasteiger partial charge on any atom is 0.228 e. The number of nitrogens with one attached hydrogen (secondary N) is 1. The van der Waals surface area contributed by atoms with E-state index in [1.807, 2.05) is 25.1 Å². The van der Waals surface area contributed by atoms with E-state index >= 15 is 0 Å². The van der Waals surface area contributed by atoms with Gasteiger partial charge in [0.25, 0.3) is 0 Å². The van der Waals surface area contributed by atoms with Crippen LogP contribution in [0.1, 0.15) is 31.2 Å². The lowest BCUT2D eigenvalue weighted by atomic mass is 10.1. The molecule has 3 heteroatoms. The molecule has 1 saturated carbocycles. The second kappa shape index (κ2) is 5.61. The smallest absolute Gasteiger partial charge is 0.228 e. The Kier molecular flexibility index (Phi) is 3.84. The van der Waals surface area contributed by atoms with Crippen LogP contribution in [0, 0.1) is 24.7 Å². The summed E-state index contributed by atoms with van der Waals surface area (Å²) in [5, 5.41) is 3.73. The van der Waals surface area contributed by atoms with Gasteiger partial charge in [-0.05, 0) is 62.1 Å². The van der Waals surface area contributed by atoms with E-state index < -0.39 is 0 Å². The van der Waals surface area contributed by atoms with Crippen molar-refractivity contribution in [3.63, 3.8) is 0 Å². The zero-order valence-corrected chi connectivity index (χ0v) is 12.5. The maximum absolute atomic E-state index is 12.4. The molecule has 0 saturated heterocycles. The molecule has 2 nitrogen and oxygen atoms in total. The van der Waals surface area contributed by atoms with E-state index in [-0.39, 0.29) is 11.8 Å². The zero-order chi connectivity index (χ0) is 14.1. The predicted octanol–water partition coefficient (Wildman–Crippen LogP) is 4.58. The van der Waals surface area contributed by atoms with E-state index in [0.29, 0.717) is 16.9 Å². The number of hydrogen-bond donors (Lipinski definition) is 1. The molecule has 1 aromatic carbocycles. The molecule has 1 aromatic rings. The molecule has 3 rings (SSSR count). The Hall–Kier alpha value is -1.28. The van der Waals surface area contributed by atoms with Crippen molar-refractivity contribution in [3.05, 3.63) is 40.9 Å². The number of rotatable bonds is 2. The minimum atomic E-state index is 0.168. The highest BCUT2D eigenvalue weighted by atomic mass is 35.5. The molecule has 20 heavy (non-hydrogen) atoms. The molecule has 2 aliphatic rings. The topological polar surface area (TPSA) is 29.1 Å². The fraction of sp³-hybridized carbons (Fsp3) is 0.471. The number of anilines is 1. The van der Waals surface area contributed by atoms with Crippen molar-refractivity contribution in [3.8, 4) is 0 Å². The summed E-state index contributed by atoms with van der Waals surface area (Å²) in [5.41, 5.74) is 1.84. The van der Waals surface area contributed by atoms with Gasteiger partial charge in [-0.15, -0.1) is 0 Å². The van der Waals surface area contributed by atoms with Gasteiger partial charge in [-0.25, -0.2) is 0 Å². The van der Waals surface area contributed by atoms with Crippen molar-refractivity contribution in [1.29, 1.82) is 0 Å². The van der Waals surface area contributed by atoms with Crippen LogP contribution in [0.4, 0.5) is 5.69 Å². The van der Waals surface area contributed by atoms with E-state index in [0.717, 1.165) is 36.9 Å². The molecule has 106 valence electrons. The number of carbonyl (C=O) groups excluding carboxylic acids is 1. The lowest BCUT2D eigenvalue weighted by Crippen LogP contribution is -2.15. The van der Waals surface area contributed by atoms with Crippen LogP contribution in [0.15, 0.2) is 30.4 Å². The fourth-order valence-corrected chi connectivity index (χ4v) is 3.51. The first-order valence-corrected chi connectivity index (χ1v) is 7.76. The monoisotopic (exact) mass is 289 g/mol. The number of allylic oxidation sites excluding steroid dienone is 2. The summed E-state index contributed by atoms with van der Waals surface area (Å²) in [4.78, 5) is 12.4. The van der Waals surface area contributed by atoms with Crippen LogP contribution in [-0.2, 0) is 4.79 Å². The highest BCUT2D eigenvalue weighted by Gasteiger charge is 2.53. The van der Waals surface area contributed by atoms with Gasteiger partial charge in [0.1, 0.15) is 0 Å². The molecule has 2 atom stereocenters. The van der Waals surface area contributed by atoms with Gasteiger partial charge in [-0.2, -0.15) is 0 Å².